The summed E-state index contributed by atoms with van der Waals surface area (Å²) in [6, 6.07) is 5.78. The minimum Gasteiger partial charge on any atom is -0.444 e. The number of amides is 3. The van der Waals surface area contributed by atoms with Crippen molar-refractivity contribution in [3.05, 3.63) is 42.0 Å². The maximum Gasteiger partial charge on any atom is 0.408 e. The number of carbonyl (C=O) groups excluding carboxylic acids is 3. The van der Waals surface area contributed by atoms with Gasteiger partial charge in [0.25, 0.3) is 0 Å². The van der Waals surface area contributed by atoms with Crippen molar-refractivity contribution in [1.82, 2.24) is 15.5 Å². The van der Waals surface area contributed by atoms with E-state index in [1.54, 1.807) is 31.7 Å². The topological polar surface area (TPSA) is 87.7 Å². The number of alkyl carbamates (subject to hydrolysis) is 1. The molecule has 1 aromatic carbocycles. The summed E-state index contributed by atoms with van der Waals surface area (Å²) in [7, 11) is 0. The standard InChI is InChI=1S/C29H47N3O4/c1-11-13-14-18-32(26(34)23(20(3)4)30-27(35)36-29(8,9)10)24(25(33)31-28(5,6)7)22-17-15-16-21(12-2)19-22/h12,15-17,19-20,23-24H,2,11,13-14,18H2,1,3-10H3,(H,30,35)(H,31,33). The van der Waals surface area contributed by atoms with Crippen LogP contribution in [-0.4, -0.2) is 46.5 Å². The van der Waals surface area contributed by atoms with Crippen molar-refractivity contribution in [2.75, 3.05) is 6.54 Å². The van der Waals surface area contributed by atoms with Gasteiger partial charge in [0.15, 0.2) is 0 Å². The lowest BCUT2D eigenvalue weighted by Crippen LogP contribution is -2.56. The highest BCUT2D eigenvalue weighted by Gasteiger charge is 2.38. The van der Waals surface area contributed by atoms with Gasteiger partial charge in [-0.1, -0.05) is 64.5 Å². The number of nitrogens with zero attached hydrogens (tertiary/aromatic N) is 1. The average Bonchev–Trinajstić information content (AvgIpc) is 2.74. The molecule has 0 saturated heterocycles. The van der Waals surface area contributed by atoms with Crippen LogP contribution < -0.4 is 10.6 Å². The third-order valence-corrected chi connectivity index (χ3v) is 5.41. The summed E-state index contributed by atoms with van der Waals surface area (Å²) in [5, 5.41) is 5.81. The van der Waals surface area contributed by atoms with Crippen LogP contribution >= 0.6 is 0 Å². The molecular weight excluding hydrogens is 454 g/mol. The molecule has 2 N–H and O–H groups in total. The number of benzene rings is 1. The van der Waals surface area contributed by atoms with Crippen molar-refractivity contribution < 1.29 is 19.1 Å². The number of ether oxygens (including phenoxy) is 1. The molecule has 0 saturated carbocycles. The molecule has 2 atom stereocenters. The van der Waals surface area contributed by atoms with Gasteiger partial charge in [-0.15, -0.1) is 0 Å². The molecule has 7 nitrogen and oxygen atoms in total. The first-order valence-corrected chi connectivity index (χ1v) is 12.9. The summed E-state index contributed by atoms with van der Waals surface area (Å²) in [4.78, 5) is 42.0. The van der Waals surface area contributed by atoms with Crippen LogP contribution in [0.2, 0.25) is 0 Å². The highest BCUT2D eigenvalue weighted by molar-refractivity contribution is 5.92. The molecule has 36 heavy (non-hydrogen) atoms. The molecule has 202 valence electrons. The van der Waals surface area contributed by atoms with Crippen LogP contribution in [-0.2, 0) is 14.3 Å². The van der Waals surface area contributed by atoms with Gasteiger partial charge in [-0.2, -0.15) is 0 Å². The lowest BCUT2D eigenvalue weighted by molar-refractivity contribution is -0.144. The molecule has 2 unspecified atom stereocenters. The van der Waals surface area contributed by atoms with Gasteiger partial charge in [0.05, 0.1) is 0 Å². The Labute approximate surface area is 218 Å². The van der Waals surface area contributed by atoms with Crippen LogP contribution in [0.25, 0.3) is 6.08 Å². The Hall–Kier alpha value is -2.83. The van der Waals surface area contributed by atoms with Gasteiger partial charge in [0, 0.05) is 12.1 Å². The molecule has 0 spiro atoms. The quantitative estimate of drug-likeness (QED) is 0.372. The van der Waals surface area contributed by atoms with Gasteiger partial charge in [0.2, 0.25) is 11.8 Å². The van der Waals surface area contributed by atoms with E-state index in [1.807, 2.05) is 58.9 Å². The van der Waals surface area contributed by atoms with Crippen LogP contribution in [0.1, 0.15) is 98.7 Å². The third-order valence-electron chi connectivity index (χ3n) is 5.41. The maximum atomic E-state index is 14.1. The van der Waals surface area contributed by atoms with Gasteiger partial charge in [-0.05, 0) is 71.1 Å². The van der Waals surface area contributed by atoms with E-state index in [9.17, 15) is 14.4 Å². The first-order chi connectivity index (χ1) is 16.6. The van der Waals surface area contributed by atoms with Gasteiger partial charge in [-0.25, -0.2) is 4.79 Å². The lowest BCUT2D eigenvalue weighted by atomic mass is 9.96. The second-order valence-corrected chi connectivity index (χ2v) is 11.6. The van der Waals surface area contributed by atoms with E-state index in [-0.39, 0.29) is 17.7 Å². The van der Waals surface area contributed by atoms with E-state index in [2.05, 4.69) is 24.1 Å². The predicted molar refractivity (Wildman–Crippen MR) is 146 cm³/mol. The van der Waals surface area contributed by atoms with Gasteiger partial charge in [-0.3, -0.25) is 9.59 Å². The molecule has 3 amide bonds. The lowest BCUT2D eigenvalue weighted by Gasteiger charge is -2.37. The molecular formula is C29H47N3O4. The van der Waals surface area contributed by atoms with Crippen LogP contribution in [0.4, 0.5) is 4.79 Å². The first kappa shape index (κ1) is 31.2. The number of unbranched alkanes of at least 4 members (excludes halogenated alkanes) is 2. The normalized spacial score (nSPS) is 13.5. The van der Waals surface area contributed by atoms with Gasteiger partial charge >= 0.3 is 6.09 Å². The maximum absolute atomic E-state index is 14.1. The molecule has 0 aliphatic carbocycles. The zero-order valence-corrected chi connectivity index (χ0v) is 23.7. The van der Waals surface area contributed by atoms with E-state index in [0.29, 0.717) is 12.1 Å². The molecule has 0 bridgehead atoms. The number of hydrogen-bond acceptors (Lipinski definition) is 4. The SMILES string of the molecule is C=Cc1cccc(C(C(=O)NC(C)(C)C)N(CCCCC)C(=O)C(NC(=O)OC(C)(C)C)C(C)C)c1. The Morgan fingerprint density at radius 2 is 1.72 bits per heavy atom. The van der Waals surface area contributed by atoms with Crippen molar-refractivity contribution in [2.45, 2.75) is 105 Å². The molecule has 0 aliphatic rings. The van der Waals surface area contributed by atoms with Crippen molar-refractivity contribution >= 4 is 24.0 Å². The number of carbonyl (C=O) groups is 3. The highest BCUT2D eigenvalue weighted by Crippen LogP contribution is 2.26. The monoisotopic (exact) mass is 501 g/mol. The third kappa shape index (κ3) is 10.4. The molecule has 1 aromatic rings. The summed E-state index contributed by atoms with van der Waals surface area (Å²) < 4.78 is 5.42. The summed E-state index contributed by atoms with van der Waals surface area (Å²) in [5.74, 6) is -0.803. The van der Waals surface area contributed by atoms with Crippen LogP contribution in [0.5, 0.6) is 0 Å². The Balaban J connectivity index is 3.55. The molecule has 7 heteroatoms. The number of rotatable bonds is 11. The fourth-order valence-corrected chi connectivity index (χ4v) is 3.79. The molecule has 0 radical (unpaired) electrons. The first-order valence-electron chi connectivity index (χ1n) is 12.9. The van der Waals surface area contributed by atoms with Gasteiger partial charge in [0.1, 0.15) is 17.7 Å². The smallest absolute Gasteiger partial charge is 0.408 e. The second-order valence-electron chi connectivity index (χ2n) is 11.6. The summed E-state index contributed by atoms with van der Waals surface area (Å²) in [6.07, 6.45) is 3.67. The van der Waals surface area contributed by atoms with Crippen LogP contribution in [0.15, 0.2) is 30.8 Å². The van der Waals surface area contributed by atoms with E-state index in [0.717, 1.165) is 24.8 Å². The van der Waals surface area contributed by atoms with E-state index < -0.39 is 29.3 Å². The molecule has 0 heterocycles. The zero-order valence-electron chi connectivity index (χ0n) is 23.7. The molecule has 0 fully saturated rings. The zero-order chi connectivity index (χ0) is 27.7. The minimum absolute atomic E-state index is 0.218. The Bertz CT molecular complexity index is 897. The summed E-state index contributed by atoms with van der Waals surface area (Å²) in [6.45, 7) is 21.1. The Morgan fingerprint density at radius 3 is 2.22 bits per heavy atom. The van der Waals surface area contributed by atoms with Crippen molar-refractivity contribution in [3.8, 4) is 0 Å². The summed E-state index contributed by atoms with van der Waals surface area (Å²) >= 11 is 0. The van der Waals surface area contributed by atoms with Crippen LogP contribution in [0, 0.1) is 5.92 Å². The van der Waals surface area contributed by atoms with Gasteiger partial charge < -0.3 is 20.3 Å². The number of hydrogen-bond donors (Lipinski definition) is 2. The van der Waals surface area contributed by atoms with E-state index in [1.165, 1.54) is 0 Å². The van der Waals surface area contributed by atoms with E-state index >= 15 is 0 Å². The number of nitrogens with one attached hydrogen (secondary N) is 2. The van der Waals surface area contributed by atoms with Crippen molar-refractivity contribution in [1.29, 1.82) is 0 Å². The predicted octanol–water partition coefficient (Wildman–Crippen LogP) is 5.85. The van der Waals surface area contributed by atoms with Crippen LogP contribution in [0.3, 0.4) is 0 Å². The fraction of sp³-hybridized carbons (Fsp3) is 0.621. The largest absolute Gasteiger partial charge is 0.444 e. The Morgan fingerprint density at radius 1 is 1.08 bits per heavy atom. The van der Waals surface area contributed by atoms with Crippen molar-refractivity contribution in [2.24, 2.45) is 5.92 Å². The second kappa shape index (κ2) is 13.5. The molecule has 0 aliphatic heterocycles. The van der Waals surface area contributed by atoms with E-state index in [4.69, 9.17) is 4.74 Å². The Kier molecular flexibility index (Phi) is 11.7. The van der Waals surface area contributed by atoms with Crippen molar-refractivity contribution in [3.63, 3.8) is 0 Å². The average molecular weight is 502 g/mol. The molecule has 0 aromatic heterocycles. The fourth-order valence-electron chi connectivity index (χ4n) is 3.79. The highest BCUT2D eigenvalue weighted by atomic mass is 16.6. The minimum atomic E-state index is -0.866. The summed E-state index contributed by atoms with van der Waals surface area (Å²) in [5.41, 5.74) is 0.360. The molecule has 1 rings (SSSR count).